The maximum Gasteiger partial charge on any atom is 0.244 e. The molecule has 2 N–H and O–H groups in total. The number of aromatic nitrogens is 2. The zero-order valence-electron chi connectivity index (χ0n) is 13.1. The second kappa shape index (κ2) is 7.04. The van der Waals surface area contributed by atoms with Crippen LogP contribution in [0.2, 0.25) is 0 Å². The molecule has 1 amide bonds. The molecule has 0 aliphatic carbocycles. The maximum absolute atomic E-state index is 11.8. The summed E-state index contributed by atoms with van der Waals surface area (Å²) < 4.78 is 1.75. The molecule has 1 atom stereocenters. The summed E-state index contributed by atoms with van der Waals surface area (Å²) in [7, 11) is 1.85. The third kappa shape index (κ3) is 4.05. The summed E-state index contributed by atoms with van der Waals surface area (Å²) in [5, 5.41) is 16.9. The standard InChI is InChI=1S/C17H21N3O2/c1-12-5-4-6-14(9-12)16(21)11-18-17(22)8-7-15-10-19-20(3)13(15)2/h4-10,16,21H,11H2,1-3H3,(H,18,22)/b8-7+. The molecule has 2 aromatic rings. The smallest absolute Gasteiger partial charge is 0.244 e. The number of amides is 1. The molecule has 0 aliphatic heterocycles. The van der Waals surface area contributed by atoms with Gasteiger partial charge in [0.15, 0.2) is 0 Å². The third-order valence-corrected chi connectivity index (χ3v) is 3.58. The van der Waals surface area contributed by atoms with Crippen molar-refractivity contribution in [3.05, 3.63) is 58.9 Å². The number of aliphatic hydroxyl groups excluding tert-OH is 1. The Morgan fingerprint density at radius 2 is 2.23 bits per heavy atom. The summed E-state index contributed by atoms with van der Waals surface area (Å²) in [4.78, 5) is 11.8. The SMILES string of the molecule is Cc1cccc(C(O)CNC(=O)/C=C/c2cnn(C)c2C)c1. The number of benzene rings is 1. The van der Waals surface area contributed by atoms with E-state index in [1.807, 2.05) is 45.2 Å². The van der Waals surface area contributed by atoms with Gasteiger partial charge < -0.3 is 10.4 Å². The van der Waals surface area contributed by atoms with Crippen molar-refractivity contribution < 1.29 is 9.90 Å². The third-order valence-electron chi connectivity index (χ3n) is 3.58. The van der Waals surface area contributed by atoms with Crippen LogP contribution >= 0.6 is 0 Å². The lowest BCUT2D eigenvalue weighted by Crippen LogP contribution is -2.26. The van der Waals surface area contributed by atoms with E-state index in [0.717, 1.165) is 22.4 Å². The van der Waals surface area contributed by atoms with Crippen LogP contribution in [0.1, 0.15) is 28.5 Å². The quantitative estimate of drug-likeness (QED) is 0.829. The lowest BCUT2D eigenvalue weighted by Gasteiger charge is -2.11. The zero-order chi connectivity index (χ0) is 16.1. The number of carbonyl (C=O) groups is 1. The Kier molecular flexibility index (Phi) is 5.12. The molecule has 1 heterocycles. The first-order chi connectivity index (χ1) is 10.5. The minimum Gasteiger partial charge on any atom is -0.387 e. The normalized spacial score (nSPS) is 12.5. The second-order valence-corrected chi connectivity index (χ2v) is 5.32. The fourth-order valence-electron chi connectivity index (χ4n) is 2.10. The highest BCUT2D eigenvalue weighted by Crippen LogP contribution is 2.13. The van der Waals surface area contributed by atoms with E-state index in [1.54, 1.807) is 17.0 Å². The summed E-state index contributed by atoms with van der Waals surface area (Å²) in [6.07, 6.45) is 4.17. The minimum atomic E-state index is -0.711. The maximum atomic E-state index is 11.8. The van der Waals surface area contributed by atoms with Gasteiger partial charge in [-0.15, -0.1) is 0 Å². The van der Waals surface area contributed by atoms with Crippen LogP contribution < -0.4 is 5.32 Å². The van der Waals surface area contributed by atoms with E-state index >= 15 is 0 Å². The van der Waals surface area contributed by atoms with Crippen LogP contribution in [0.25, 0.3) is 6.08 Å². The molecule has 5 heteroatoms. The number of nitrogens with zero attached hydrogens (tertiary/aromatic N) is 2. The Morgan fingerprint density at radius 3 is 2.86 bits per heavy atom. The van der Waals surface area contributed by atoms with Gasteiger partial charge in [-0.2, -0.15) is 5.10 Å². The molecule has 0 aliphatic rings. The van der Waals surface area contributed by atoms with Gasteiger partial charge in [0.05, 0.1) is 12.3 Å². The van der Waals surface area contributed by atoms with E-state index in [0.29, 0.717) is 0 Å². The average molecular weight is 299 g/mol. The second-order valence-electron chi connectivity index (χ2n) is 5.32. The topological polar surface area (TPSA) is 67.2 Å². The zero-order valence-corrected chi connectivity index (χ0v) is 13.1. The van der Waals surface area contributed by atoms with Gasteiger partial charge in [-0.1, -0.05) is 29.8 Å². The van der Waals surface area contributed by atoms with Crippen LogP contribution in [0.5, 0.6) is 0 Å². The van der Waals surface area contributed by atoms with Crippen molar-refractivity contribution in [2.45, 2.75) is 20.0 Å². The predicted octanol–water partition coefficient (Wildman–Crippen LogP) is 1.90. The summed E-state index contributed by atoms with van der Waals surface area (Å²) in [6, 6.07) is 7.61. The van der Waals surface area contributed by atoms with Crippen molar-refractivity contribution in [3.63, 3.8) is 0 Å². The van der Waals surface area contributed by atoms with Gasteiger partial charge in [-0.25, -0.2) is 0 Å². The van der Waals surface area contributed by atoms with Gasteiger partial charge in [0, 0.05) is 30.9 Å². The number of nitrogens with one attached hydrogen (secondary N) is 1. The first-order valence-corrected chi connectivity index (χ1v) is 7.16. The fraction of sp³-hybridized carbons (Fsp3) is 0.294. The molecule has 2 rings (SSSR count). The van der Waals surface area contributed by atoms with Crippen LogP contribution in [0.15, 0.2) is 36.5 Å². The Balaban J connectivity index is 1.89. The van der Waals surface area contributed by atoms with Crippen LogP contribution in [0, 0.1) is 13.8 Å². The highest BCUT2D eigenvalue weighted by Gasteiger charge is 2.08. The van der Waals surface area contributed by atoms with Crippen molar-refractivity contribution >= 4 is 12.0 Å². The molecule has 0 saturated carbocycles. The van der Waals surface area contributed by atoms with E-state index in [1.165, 1.54) is 6.08 Å². The summed E-state index contributed by atoms with van der Waals surface area (Å²) >= 11 is 0. The molecule has 1 aromatic carbocycles. The number of aryl methyl sites for hydroxylation is 2. The molecule has 0 spiro atoms. The van der Waals surface area contributed by atoms with Crippen molar-refractivity contribution in [2.24, 2.45) is 7.05 Å². The molecular weight excluding hydrogens is 278 g/mol. The molecule has 5 nitrogen and oxygen atoms in total. The Bertz CT molecular complexity index is 689. The molecule has 0 fully saturated rings. The van der Waals surface area contributed by atoms with E-state index in [4.69, 9.17) is 0 Å². The van der Waals surface area contributed by atoms with Crippen LogP contribution in [0.4, 0.5) is 0 Å². The first kappa shape index (κ1) is 16.0. The lowest BCUT2D eigenvalue weighted by atomic mass is 10.1. The van der Waals surface area contributed by atoms with Crippen LogP contribution in [0.3, 0.4) is 0 Å². The molecule has 0 radical (unpaired) electrons. The van der Waals surface area contributed by atoms with Gasteiger partial charge in [-0.05, 0) is 25.5 Å². The fourth-order valence-corrected chi connectivity index (χ4v) is 2.10. The lowest BCUT2D eigenvalue weighted by molar-refractivity contribution is -0.116. The molecule has 0 bridgehead atoms. The van der Waals surface area contributed by atoms with Gasteiger partial charge in [0.2, 0.25) is 5.91 Å². The first-order valence-electron chi connectivity index (χ1n) is 7.16. The van der Waals surface area contributed by atoms with Crippen molar-refractivity contribution in [1.82, 2.24) is 15.1 Å². The number of hydrogen-bond acceptors (Lipinski definition) is 3. The van der Waals surface area contributed by atoms with Gasteiger partial charge in [0.1, 0.15) is 0 Å². The monoisotopic (exact) mass is 299 g/mol. The van der Waals surface area contributed by atoms with Gasteiger partial charge in [0.25, 0.3) is 0 Å². The summed E-state index contributed by atoms with van der Waals surface area (Å²) in [5.74, 6) is -0.241. The van der Waals surface area contributed by atoms with Crippen LogP contribution in [-0.4, -0.2) is 27.3 Å². The number of hydrogen-bond donors (Lipinski definition) is 2. The predicted molar refractivity (Wildman–Crippen MR) is 86.1 cm³/mol. The van der Waals surface area contributed by atoms with Gasteiger partial charge >= 0.3 is 0 Å². The number of aliphatic hydroxyl groups is 1. The van der Waals surface area contributed by atoms with E-state index < -0.39 is 6.10 Å². The highest BCUT2D eigenvalue weighted by atomic mass is 16.3. The van der Waals surface area contributed by atoms with E-state index in [-0.39, 0.29) is 12.5 Å². The Labute approximate surface area is 130 Å². The largest absolute Gasteiger partial charge is 0.387 e. The summed E-state index contributed by atoms with van der Waals surface area (Å²) in [5.41, 5.74) is 3.77. The molecule has 1 unspecified atom stereocenters. The summed E-state index contributed by atoms with van der Waals surface area (Å²) in [6.45, 7) is 4.08. The number of rotatable bonds is 5. The Morgan fingerprint density at radius 1 is 1.45 bits per heavy atom. The minimum absolute atomic E-state index is 0.179. The van der Waals surface area contributed by atoms with Crippen molar-refractivity contribution in [1.29, 1.82) is 0 Å². The van der Waals surface area contributed by atoms with Crippen LogP contribution in [-0.2, 0) is 11.8 Å². The average Bonchev–Trinajstić information content (AvgIpc) is 2.82. The molecule has 22 heavy (non-hydrogen) atoms. The number of carbonyl (C=O) groups excluding carboxylic acids is 1. The van der Waals surface area contributed by atoms with E-state index in [9.17, 15) is 9.90 Å². The molecule has 0 saturated heterocycles. The van der Waals surface area contributed by atoms with Crippen molar-refractivity contribution in [2.75, 3.05) is 6.54 Å². The molecular formula is C17H21N3O2. The highest BCUT2D eigenvalue weighted by molar-refractivity contribution is 5.91. The van der Waals surface area contributed by atoms with Crippen molar-refractivity contribution in [3.8, 4) is 0 Å². The molecule has 116 valence electrons. The molecule has 1 aromatic heterocycles. The van der Waals surface area contributed by atoms with E-state index in [2.05, 4.69) is 10.4 Å². The Hall–Kier alpha value is -2.40. The van der Waals surface area contributed by atoms with Gasteiger partial charge in [-0.3, -0.25) is 9.48 Å².